The Bertz CT molecular complexity index is 580. The SMILES string of the molecule is Brc1cccc(NC2CCc3c(Br)cccc32)c1. The Morgan fingerprint density at radius 2 is 1.89 bits per heavy atom. The highest BCUT2D eigenvalue weighted by atomic mass is 79.9. The molecule has 3 heteroatoms. The maximum Gasteiger partial charge on any atom is 0.0520 e. The van der Waals surface area contributed by atoms with Gasteiger partial charge in [-0.1, -0.05) is 50.1 Å². The highest BCUT2D eigenvalue weighted by molar-refractivity contribution is 9.10. The van der Waals surface area contributed by atoms with Gasteiger partial charge in [0.2, 0.25) is 0 Å². The molecule has 0 spiro atoms. The molecule has 1 aliphatic carbocycles. The fourth-order valence-electron chi connectivity index (χ4n) is 2.54. The van der Waals surface area contributed by atoms with Crippen LogP contribution in [-0.4, -0.2) is 0 Å². The molecule has 0 saturated heterocycles. The number of nitrogens with one attached hydrogen (secondary N) is 1. The molecule has 0 saturated carbocycles. The highest BCUT2D eigenvalue weighted by Crippen LogP contribution is 2.37. The van der Waals surface area contributed by atoms with Gasteiger partial charge in [-0.15, -0.1) is 0 Å². The molecule has 0 radical (unpaired) electrons. The molecule has 0 bridgehead atoms. The zero-order chi connectivity index (χ0) is 12.5. The number of fused-ring (bicyclic) bond motifs is 1. The fourth-order valence-corrected chi connectivity index (χ4v) is 3.52. The van der Waals surface area contributed by atoms with Crippen molar-refractivity contribution in [3.63, 3.8) is 0 Å². The van der Waals surface area contributed by atoms with Crippen molar-refractivity contribution in [1.82, 2.24) is 0 Å². The number of hydrogen-bond acceptors (Lipinski definition) is 1. The predicted molar refractivity (Wildman–Crippen MR) is 83.0 cm³/mol. The molecule has 0 amide bonds. The van der Waals surface area contributed by atoms with Gasteiger partial charge in [-0.2, -0.15) is 0 Å². The number of anilines is 1. The number of rotatable bonds is 2. The Balaban J connectivity index is 1.87. The summed E-state index contributed by atoms with van der Waals surface area (Å²) in [4.78, 5) is 0. The van der Waals surface area contributed by atoms with Crippen LogP contribution in [0.5, 0.6) is 0 Å². The van der Waals surface area contributed by atoms with Crippen LogP contribution in [0.15, 0.2) is 51.4 Å². The largest absolute Gasteiger partial charge is 0.378 e. The molecule has 3 rings (SSSR count). The van der Waals surface area contributed by atoms with Crippen molar-refractivity contribution in [3.05, 3.63) is 62.5 Å². The van der Waals surface area contributed by atoms with Gasteiger partial charge < -0.3 is 5.32 Å². The first-order valence-corrected chi connectivity index (χ1v) is 7.62. The molecule has 2 aromatic carbocycles. The fraction of sp³-hybridized carbons (Fsp3) is 0.200. The summed E-state index contributed by atoms with van der Waals surface area (Å²) in [6.07, 6.45) is 2.30. The molecule has 1 aliphatic rings. The van der Waals surface area contributed by atoms with E-state index in [1.807, 2.05) is 6.07 Å². The Morgan fingerprint density at radius 1 is 1.06 bits per heavy atom. The van der Waals surface area contributed by atoms with Crippen LogP contribution in [0, 0.1) is 0 Å². The second-order valence-electron chi connectivity index (χ2n) is 4.55. The minimum atomic E-state index is 0.423. The second-order valence-corrected chi connectivity index (χ2v) is 6.32. The van der Waals surface area contributed by atoms with Crippen LogP contribution >= 0.6 is 31.9 Å². The number of hydrogen-bond donors (Lipinski definition) is 1. The van der Waals surface area contributed by atoms with Crippen LogP contribution in [0.4, 0.5) is 5.69 Å². The summed E-state index contributed by atoms with van der Waals surface area (Å²) in [5, 5.41) is 3.61. The first kappa shape index (κ1) is 12.2. The predicted octanol–water partition coefficient (Wildman–Crippen LogP) is 5.31. The normalized spacial score (nSPS) is 17.6. The van der Waals surface area contributed by atoms with Crippen molar-refractivity contribution in [2.45, 2.75) is 18.9 Å². The third-order valence-corrected chi connectivity index (χ3v) is 4.62. The Morgan fingerprint density at radius 3 is 2.72 bits per heavy atom. The summed E-state index contributed by atoms with van der Waals surface area (Å²) in [6.45, 7) is 0. The van der Waals surface area contributed by atoms with Crippen LogP contribution in [0.1, 0.15) is 23.6 Å². The summed E-state index contributed by atoms with van der Waals surface area (Å²) < 4.78 is 2.35. The van der Waals surface area contributed by atoms with Crippen LogP contribution in [0.3, 0.4) is 0 Å². The number of halogens is 2. The van der Waals surface area contributed by atoms with Gasteiger partial charge in [0.05, 0.1) is 6.04 Å². The third-order valence-electron chi connectivity index (χ3n) is 3.38. The van der Waals surface area contributed by atoms with Crippen LogP contribution < -0.4 is 5.32 Å². The Labute approximate surface area is 124 Å². The molecule has 18 heavy (non-hydrogen) atoms. The van der Waals surface area contributed by atoms with E-state index in [4.69, 9.17) is 0 Å². The lowest BCUT2D eigenvalue weighted by molar-refractivity contribution is 0.762. The van der Waals surface area contributed by atoms with E-state index in [1.165, 1.54) is 21.3 Å². The van der Waals surface area contributed by atoms with E-state index in [-0.39, 0.29) is 0 Å². The monoisotopic (exact) mass is 365 g/mol. The van der Waals surface area contributed by atoms with Gasteiger partial charge >= 0.3 is 0 Å². The number of benzene rings is 2. The average Bonchev–Trinajstić information content (AvgIpc) is 2.74. The zero-order valence-corrected chi connectivity index (χ0v) is 13.0. The molecular formula is C15H13Br2N. The molecule has 1 nitrogen and oxygen atoms in total. The van der Waals surface area contributed by atoms with Gasteiger partial charge in [-0.25, -0.2) is 0 Å². The Kier molecular flexibility index (Phi) is 3.44. The summed E-state index contributed by atoms with van der Waals surface area (Å²) in [5.41, 5.74) is 4.04. The zero-order valence-electron chi connectivity index (χ0n) is 9.79. The Hall–Kier alpha value is -0.800. The second kappa shape index (κ2) is 5.06. The van der Waals surface area contributed by atoms with E-state index < -0.39 is 0 Å². The van der Waals surface area contributed by atoms with Gasteiger partial charge in [0, 0.05) is 14.6 Å². The minimum absolute atomic E-state index is 0.423. The van der Waals surface area contributed by atoms with Crippen molar-refractivity contribution in [3.8, 4) is 0 Å². The van der Waals surface area contributed by atoms with Gasteiger partial charge in [0.25, 0.3) is 0 Å². The first-order valence-electron chi connectivity index (χ1n) is 6.03. The topological polar surface area (TPSA) is 12.0 Å². The van der Waals surface area contributed by atoms with Crippen molar-refractivity contribution in [1.29, 1.82) is 0 Å². The molecule has 1 atom stereocenters. The third kappa shape index (κ3) is 2.34. The van der Waals surface area contributed by atoms with Crippen LogP contribution in [-0.2, 0) is 6.42 Å². The van der Waals surface area contributed by atoms with E-state index in [0.717, 1.165) is 17.3 Å². The minimum Gasteiger partial charge on any atom is -0.378 e. The van der Waals surface area contributed by atoms with E-state index in [1.54, 1.807) is 0 Å². The van der Waals surface area contributed by atoms with Gasteiger partial charge in [-0.05, 0) is 48.2 Å². The summed E-state index contributed by atoms with van der Waals surface area (Å²) in [7, 11) is 0. The maximum atomic E-state index is 3.64. The highest BCUT2D eigenvalue weighted by Gasteiger charge is 2.23. The van der Waals surface area contributed by atoms with Crippen LogP contribution in [0.2, 0.25) is 0 Å². The molecular weight excluding hydrogens is 354 g/mol. The van der Waals surface area contributed by atoms with Crippen molar-refractivity contribution >= 4 is 37.5 Å². The molecule has 0 fully saturated rings. The molecule has 0 heterocycles. The lowest BCUT2D eigenvalue weighted by Crippen LogP contribution is -2.06. The standard InChI is InChI=1S/C15H13Br2N/c16-10-3-1-4-11(9-10)18-15-8-7-12-13(15)5-2-6-14(12)17/h1-6,9,15,18H,7-8H2. The van der Waals surface area contributed by atoms with Gasteiger partial charge in [-0.3, -0.25) is 0 Å². The molecule has 0 aliphatic heterocycles. The van der Waals surface area contributed by atoms with Crippen molar-refractivity contribution < 1.29 is 0 Å². The lowest BCUT2D eigenvalue weighted by Gasteiger charge is -2.16. The maximum absolute atomic E-state index is 3.64. The summed E-state index contributed by atoms with van der Waals surface area (Å²) in [6, 6.07) is 15.2. The van der Waals surface area contributed by atoms with E-state index in [2.05, 4.69) is 73.6 Å². The lowest BCUT2D eigenvalue weighted by atomic mass is 10.1. The van der Waals surface area contributed by atoms with Crippen molar-refractivity contribution in [2.24, 2.45) is 0 Å². The van der Waals surface area contributed by atoms with Crippen LogP contribution in [0.25, 0.3) is 0 Å². The molecule has 0 aromatic heterocycles. The summed E-state index contributed by atoms with van der Waals surface area (Å²) in [5.74, 6) is 0. The quantitative estimate of drug-likeness (QED) is 0.759. The van der Waals surface area contributed by atoms with Crippen molar-refractivity contribution in [2.75, 3.05) is 5.32 Å². The molecule has 1 N–H and O–H groups in total. The molecule has 92 valence electrons. The van der Waals surface area contributed by atoms with E-state index >= 15 is 0 Å². The molecule has 1 unspecified atom stereocenters. The van der Waals surface area contributed by atoms with E-state index in [0.29, 0.717) is 6.04 Å². The van der Waals surface area contributed by atoms with Gasteiger partial charge in [0.1, 0.15) is 0 Å². The van der Waals surface area contributed by atoms with Gasteiger partial charge in [0.15, 0.2) is 0 Å². The smallest absolute Gasteiger partial charge is 0.0520 e. The first-order chi connectivity index (χ1) is 8.74. The average molecular weight is 367 g/mol. The molecule has 2 aromatic rings. The summed E-state index contributed by atoms with van der Waals surface area (Å²) >= 11 is 7.14. The van der Waals surface area contributed by atoms with E-state index in [9.17, 15) is 0 Å².